The first-order valence-electron chi connectivity index (χ1n) is 7.31. The number of benzene rings is 2. The molecule has 2 aliphatic rings. The highest BCUT2D eigenvalue weighted by Crippen LogP contribution is 2.52. The number of hydrogen-bond acceptors (Lipinski definition) is 1. The fourth-order valence-corrected chi connectivity index (χ4v) is 4.71. The van der Waals surface area contributed by atoms with Gasteiger partial charge in [-0.05, 0) is 42.2 Å². The van der Waals surface area contributed by atoms with Crippen LogP contribution in [0.5, 0.6) is 0 Å². The SMILES string of the molecule is Clc1cc(Cl)c2c(c1)N[C@H](c1cccc(Br)c1)[C@@H]1CC=C[C@@H]21. The van der Waals surface area contributed by atoms with Gasteiger partial charge in [0.05, 0.1) is 6.04 Å². The summed E-state index contributed by atoms with van der Waals surface area (Å²) in [5.74, 6) is 0.838. The van der Waals surface area contributed by atoms with E-state index in [2.05, 4.69) is 57.7 Å². The Labute approximate surface area is 148 Å². The second-order valence-corrected chi connectivity index (χ2v) is 7.64. The molecule has 0 saturated carbocycles. The van der Waals surface area contributed by atoms with Crippen molar-refractivity contribution in [3.05, 3.63) is 74.2 Å². The van der Waals surface area contributed by atoms with E-state index in [0.29, 0.717) is 16.9 Å². The van der Waals surface area contributed by atoms with Crippen LogP contribution < -0.4 is 5.32 Å². The van der Waals surface area contributed by atoms with E-state index in [1.807, 2.05) is 12.1 Å². The van der Waals surface area contributed by atoms with Gasteiger partial charge in [0.15, 0.2) is 0 Å². The van der Waals surface area contributed by atoms with Crippen LogP contribution in [0.3, 0.4) is 0 Å². The summed E-state index contributed by atoms with van der Waals surface area (Å²) in [6.45, 7) is 0. The molecule has 0 radical (unpaired) electrons. The Balaban J connectivity index is 1.84. The first-order valence-corrected chi connectivity index (χ1v) is 8.86. The standard InChI is InChI=1S/C18H14BrCl2N/c19-11-4-1-3-10(7-11)18-14-6-2-5-13(14)17-15(21)8-12(20)9-16(17)22-18/h1-5,7-9,13-14,18,22H,6H2/t13-,14-,18-/m1/s1. The number of rotatable bonds is 1. The maximum Gasteiger partial charge on any atom is 0.0554 e. The maximum absolute atomic E-state index is 6.47. The van der Waals surface area contributed by atoms with Crippen molar-refractivity contribution in [3.8, 4) is 0 Å². The summed E-state index contributed by atoms with van der Waals surface area (Å²) >= 11 is 16.2. The second kappa shape index (κ2) is 5.59. The monoisotopic (exact) mass is 393 g/mol. The summed E-state index contributed by atoms with van der Waals surface area (Å²) in [5, 5.41) is 5.09. The third-order valence-corrected chi connectivity index (χ3v) is 5.61. The summed E-state index contributed by atoms with van der Waals surface area (Å²) < 4.78 is 1.10. The third-order valence-electron chi connectivity index (χ3n) is 4.59. The molecule has 2 aromatic rings. The van der Waals surface area contributed by atoms with Crippen molar-refractivity contribution in [3.63, 3.8) is 0 Å². The lowest BCUT2D eigenvalue weighted by atomic mass is 9.77. The van der Waals surface area contributed by atoms with Crippen LogP contribution in [0.15, 0.2) is 53.0 Å². The summed E-state index contributed by atoms with van der Waals surface area (Å²) in [5.41, 5.74) is 3.51. The molecule has 0 bridgehead atoms. The number of halogens is 3. The lowest BCUT2D eigenvalue weighted by molar-refractivity contribution is 0.425. The summed E-state index contributed by atoms with van der Waals surface area (Å²) in [6.07, 6.45) is 5.62. The fraction of sp³-hybridized carbons (Fsp3) is 0.222. The van der Waals surface area contributed by atoms with Gasteiger partial charge in [0, 0.05) is 31.7 Å². The highest BCUT2D eigenvalue weighted by atomic mass is 79.9. The maximum atomic E-state index is 6.47. The molecule has 2 aromatic carbocycles. The van der Waals surface area contributed by atoms with E-state index >= 15 is 0 Å². The molecule has 1 aliphatic heterocycles. The first-order chi connectivity index (χ1) is 10.6. The molecule has 0 fully saturated rings. The lowest BCUT2D eigenvalue weighted by Gasteiger charge is -2.38. The van der Waals surface area contributed by atoms with Crippen molar-refractivity contribution in [2.24, 2.45) is 5.92 Å². The van der Waals surface area contributed by atoms with Gasteiger partial charge in [-0.3, -0.25) is 0 Å². The Bertz CT molecular complexity index is 772. The predicted octanol–water partition coefficient (Wildman–Crippen LogP) is 6.58. The van der Waals surface area contributed by atoms with Crippen LogP contribution in [-0.4, -0.2) is 0 Å². The molecule has 0 aromatic heterocycles. The van der Waals surface area contributed by atoms with Crippen LogP contribution in [0, 0.1) is 5.92 Å². The average molecular weight is 395 g/mol. The van der Waals surface area contributed by atoms with E-state index in [4.69, 9.17) is 23.2 Å². The Kier molecular flexibility index (Phi) is 3.72. The zero-order chi connectivity index (χ0) is 15.3. The van der Waals surface area contributed by atoms with E-state index in [0.717, 1.165) is 21.6 Å². The lowest BCUT2D eigenvalue weighted by Crippen LogP contribution is -2.29. The Morgan fingerprint density at radius 3 is 2.82 bits per heavy atom. The number of allylic oxidation sites excluding steroid dienone is 2. The molecule has 0 unspecified atom stereocenters. The van der Waals surface area contributed by atoms with Gasteiger partial charge < -0.3 is 5.32 Å². The van der Waals surface area contributed by atoms with Gasteiger partial charge in [0.1, 0.15) is 0 Å². The molecule has 3 atom stereocenters. The fourth-order valence-electron chi connectivity index (χ4n) is 3.67. The normalized spacial score (nSPS) is 25.5. The van der Waals surface area contributed by atoms with E-state index < -0.39 is 0 Å². The molecule has 1 N–H and O–H groups in total. The van der Waals surface area contributed by atoms with Gasteiger partial charge in [0.2, 0.25) is 0 Å². The summed E-state index contributed by atoms with van der Waals surface area (Å²) in [4.78, 5) is 0. The van der Waals surface area contributed by atoms with Crippen molar-refractivity contribution in [2.75, 3.05) is 5.32 Å². The molecule has 4 rings (SSSR count). The van der Waals surface area contributed by atoms with Crippen LogP contribution in [0.25, 0.3) is 0 Å². The minimum Gasteiger partial charge on any atom is -0.378 e. The molecule has 0 saturated heterocycles. The van der Waals surface area contributed by atoms with Crippen molar-refractivity contribution in [1.29, 1.82) is 0 Å². The third kappa shape index (κ3) is 2.38. The Morgan fingerprint density at radius 2 is 2.00 bits per heavy atom. The van der Waals surface area contributed by atoms with Gasteiger partial charge in [-0.1, -0.05) is 63.4 Å². The van der Waals surface area contributed by atoms with Crippen LogP contribution in [0.4, 0.5) is 5.69 Å². The van der Waals surface area contributed by atoms with Crippen molar-refractivity contribution in [2.45, 2.75) is 18.4 Å². The molecule has 112 valence electrons. The Hall–Kier alpha value is -0.960. The number of nitrogens with one attached hydrogen (secondary N) is 1. The molecule has 1 heterocycles. The highest BCUT2D eigenvalue weighted by Gasteiger charge is 2.39. The quantitative estimate of drug-likeness (QED) is 0.538. The van der Waals surface area contributed by atoms with E-state index in [-0.39, 0.29) is 6.04 Å². The molecule has 0 amide bonds. The minimum atomic E-state index is 0.263. The summed E-state index contributed by atoms with van der Waals surface area (Å²) in [6, 6.07) is 12.6. The molecule has 22 heavy (non-hydrogen) atoms. The predicted molar refractivity (Wildman–Crippen MR) is 97.0 cm³/mol. The molecule has 1 aliphatic carbocycles. The van der Waals surface area contributed by atoms with Crippen molar-refractivity contribution >= 4 is 44.8 Å². The van der Waals surface area contributed by atoms with Gasteiger partial charge >= 0.3 is 0 Å². The largest absolute Gasteiger partial charge is 0.378 e. The van der Waals surface area contributed by atoms with Gasteiger partial charge in [-0.15, -0.1) is 0 Å². The zero-order valence-corrected chi connectivity index (χ0v) is 14.8. The first kappa shape index (κ1) is 14.6. The zero-order valence-electron chi connectivity index (χ0n) is 11.7. The molecular formula is C18H14BrCl2N. The van der Waals surface area contributed by atoms with Crippen molar-refractivity contribution in [1.82, 2.24) is 0 Å². The molecule has 0 spiro atoms. The number of fused-ring (bicyclic) bond motifs is 3. The summed E-state index contributed by atoms with van der Waals surface area (Å²) in [7, 11) is 0. The van der Waals surface area contributed by atoms with Gasteiger partial charge in [-0.25, -0.2) is 0 Å². The van der Waals surface area contributed by atoms with E-state index in [1.165, 1.54) is 11.1 Å². The van der Waals surface area contributed by atoms with Gasteiger partial charge in [-0.2, -0.15) is 0 Å². The van der Waals surface area contributed by atoms with Crippen LogP contribution in [0.1, 0.15) is 29.5 Å². The number of hydrogen-bond donors (Lipinski definition) is 1. The van der Waals surface area contributed by atoms with Gasteiger partial charge in [0.25, 0.3) is 0 Å². The minimum absolute atomic E-state index is 0.263. The topological polar surface area (TPSA) is 12.0 Å². The second-order valence-electron chi connectivity index (χ2n) is 5.88. The van der Waals surface area contributed by atoms with E-state index in [1.54, 1.807) is 0 Å². The van der Waals surface area contributed by atoms with E-state index in [9.17, 15) is 0 Å². The van der Waals surface area contributed by atoms with Crippen LogP contribution >= 0.6 is 39.1 Å². The van der Waals surface area contributed by atoms with Crippen molar-refractivity contribution < 1.29 is 0 Å². The smallest absolute Gasteiger partial charge is 0.0554 e. The van der Waals surface area contributed by atoms with Crippen LogP contribution in [0.2, 0.25) is 10.0 Å². The molecule has 1 nitrogen and oxygen atoms in total. The van der Waals surface area contributed by atoms with Crippen LogP contribution in [-0.2, 0) is 0 Å². The highest BCUT2D eigenvalue weighted by molar-refractivity contribution is 9.10. The molecular weight excluding hydrogens is 381 g/mol. The average Bonchev–Trinajstić information content (AvgIpc) is 2.94. The number of anilines is 1. The molecule has 4 heteroatoms. The Morgan fingerprint density at radius 1 is 1.14 bits per heavy atom.